The molecule has 1 spiro atoms. The van der Waals surface area contributed by atoms with Gasteiger partial charge in [0.25, 0.3) is 5.56 Å². The second kappa shape index (κ2) is 12.9. The number of ether oxygens (including phenoxy) is 2. The zero-order valence-electron chi connectivity index (χ0n) is 27.0. The van der Waals surface area contributed by atoms with E-state index in [1.807, 2.05) is 20.8 Å². The Morgan fingerprint density at radius 3 is 2.57 bits per heavy atom. The number of anilines is 1. The first-order valence-electron chi connectivity index (χ1n) is 15.4. The molecule has 2 heterocycles. The van der Waals surface area contributed by atoms with Crippen molar-refractivity contribution in [2.45, 2.75) is 71.4 Å². The fourth-order valence-electron chi connectivity index (χ4n) is 6.21. The minimum Gasteiger partial charge on any atom is -0.451 e. The standard InChI is InChI=1S/C32H38ClFN6O6S/c1-6-38(5)47(43,44)37-23-8-7-22(34)28(21(23)18-35)45-25-10-9-24-26(27(25)33)29(41)40(19-36-24)20-11-12-32(17-20)13-15-39(16-14-32)30(42)46-31(2,3)4/h7-10,19-20,37H,6,11-17H2,1-5H3/t20-/m0/s1. The molecule has 0 radical (unpaired) electrons. The molecule has 1 saturated heterocycles. The van der Waals surface area contributed by atoms with Crippen LogP contribution >= 0.6 is 11.6 Å². The Bertz CT molecular complexity index is 1910. The molecule has 2 aliphatic rings. The maximum atomic E-state index is 15.1. The first-order valence-corrected chi connectivity index (χ1v) is 17.2. The number of benzene rings is 2. The average Bonchev–Trinajstić information content (AvgIpc) is 3.41. The third-order valence-corrected chi connectivity index (χ3v) is 10.9. The van der Waals surface area contributed by atoms with E-state index in [-0.39, 0.29) is 51.5 Å². The SMILES string of the molecule is CCN(C)S(=O)(=O)Nc1ccc(F)c(Oc2ccc3ncn([C@H]4CCC5(CCN(C(=O)OC(C)(C)C)CC5)C4)c(=O)c3c2Cl)c1C#N. The zero-order chi connectivity index (χ0) is 34.3. The Hall–Kier alpha value is -3.93. The van der Waals surface area contributed by atoms with Crippen LogP contribution in [0.4, 0.5) is 14.9 Å². The molecule has 2 aromatic carbocycles. The van der Waals surface area contributed by atoms with E-state index in [0.29, 0.717) is 18.6 Å². The Morgan fingerprint density at radius 1 is 1.23 bits per heavy atom. The van der Waals surface area contributed by atoms with Gasteiger partial charge in [0.2, 0.25) is 0 Å². The quantitative estimate of drug-likeness (QED) is 0.309. The number of piperidine rings is 1. The summed E-state index contributed by atoms with van der Waals surface area (Å²) in [6.07, 6.45) is 5.18. The molecule has 12 nitrogen and oxygen atoms in total. The normalized spacial score (nSPS) is 18.0. The number of likely N-dealkylation sites (tertiary alicyclic amines) is 1. The van der Waals surface area contributed by atoms with Crippen LogP contribution in [-0.4, -0.2) is 65.6 Å². The van der Waals surface area contributed by atoms with Crippen LogP contribution in [-0.2, 0) is 14.9 Å². The summed E-state index contributed by atoms with van der Waals surface area (Å²) >= 11 is 6.71. The number of amides is 1. The molecule has 1 amide bonds. The van der Waals surface area contributed by atoms with Gasteiger partial charge in [-0.15, -0.1) is 0 Å². The second-order valence-electron chi connectivity index (χ2n) is 13.1. The van der Waals surface area contributed by atoms with Gasteiger partial charge in [-0.25, -0.2) is 14.2 Å². The number of nitrogens with zero attached hydrogens (tertiary/aromatic N) is 5. The van der Waals surface area contributed by atoms with Gasteiger partial charge in [0.05, 0.1) is 27.9 Å². The number of nitrogens with one attached hydrogen (secondary N) is 1. The summed E-state index contributed by atoms with van der Waals surface area (Å²) in [6, 6.07) is 6.69. The van der Waals surface area contributed by atoms with Crippen molar-refractivity contribution in [1.29, 1.82) is 5.26 Å². The molecule has 1 atom stereocenters. The van der Waals surface area contributed by atoms with Gasteiger partial charge in [-0.05, 0) is 82.6 Å². The highest BCUT2D eigenvalue weighted by atomic mass is 35.5. The van der Waals surface area contributed by atoms with Gasteiger partial charge in [0.15, 0.2) is 11.6 Å². The van der Waals surface area contributed by atoms with E-state index in [9.17, 15) is 23.3 Å². The van der Waals surface area contributed by atoms with Gasteiger partial charge in [-0.2, -0.15) is 18.0 Å². The first kappa shape index (κ1) is 34.4. The lowest BCUT2D eigenvalue weighted by Crippen LogP contribution is -2.44. The van der Waals surface area contributed by atoms with Crippen LogP contribution in [0.3, 0.4) is 0 Å². The summed E-state index contributed by atoms with van der Waals surface area (Å²) in [5, 5.41) is 9.82. The lowest BCUT2D eigenvalue weighted by Gasteiger charge is -2.40. The zero-order valence-corrected chi connectivity index (χ0v) is 28.5. The lowest BCUT2D eigenvalue weighted by molar-refractivity contribution is 0.0103. The van der Waals surface area contributed by atoms with E-state index in [0.717, 1.165) is 48.5 Å². The minimum absolute atomic E-state index is 0.0178. The van der Waals surface area contributed by atoms with E-state index in [1.165, 1.54) is 25.5 Å². The van der Waals surface area contributed by atoms with Crippen molar-refractivity contribution in [2.75, 3.05) is 31.4 Å². The Labute approximate surface area is 278 Å². The number of carbonyl (C=O) groups is 1. The number of carbonyl (C=O) groups excluding carboxylic acids is 1. The van der Waals surface area contributed by atoms with Crippen LogP contribution < -0.4 is 15.0 Å². The summed E-state index contributed by atoms with van der Waals surface area (Å²) in [7, 11) is -2.67. The fourth-order valence-corrected chi connectivity index (χ4v) is 7.43. The number of hydrogen-bond acceptors (Lipinski definition) is 8. The molecule has 252 valence electrons. The van der Waals surface area contributed by atoms with E-state index in [1.54, 1.807) is 22.5 Å². The summed E-state index contributed by atoms with van der Waals surface area (Å²) in [5.41, 5.74) is -1.24. The molecule has 3 aromatic rings. The Kier molecular flexibility index (Phi) is 9.47. The first-order chi connectivity index (χ1) is 22.1. The molecule has 1 aliphatic heterocycles. The molecular formula is C32H38ClFN6O6S. The summed E-state index contributed by atoms with van der Waals surface area (Å²) in [5.74, 6) is -1.58. The Balaban J connectivity index is 1.40. The molecule has 15 heteroatoms. The van der Waals surface area contributed by atoms with Crippen LogP contribution in [0.2, 0.25) is 5.02 Å². The highest BCUT2D eigenvalue weighted by molar-refractivity contribution is 7.90. The molecule has 1 saturated carbocycles. The number of fused-ring (bicyclic) bond motifs is 1. The highest BCUT2D eigenvalue weighted by Gasteiger charge is 2.43. The molecule has 5 rings (SSSR count). The van der Waals surface area contributed by atoms with Crippen LogP contribution in [0.1, 0.15) is 71.4 Å². The lowest BCUT2D eigenvalue weighted by atomic mass is 9.77. The van der Waals surface area contributed by atoms with Crippen LogP contribution in [0, 0.1) is 22.6 Å². The third kappa shape index (κ3) is 7.02. The third-order valence-electron chi connectivity index (χ3n) is 8.93. The number of hydrogen-bond donors (Lipinski definition) is 1. The van der Waals surface area contributed by atoms with Crippen molar-refractivity contribution < 1.29 is 27.1 Å². The predicted octanol–water partition coefficient (Wildman–Crippen LogP) is 6.20. The van der Waals surface area contributed by atoms with Crippen molar-refractivity contribution in [3.8, 4) is 17.6 Å². The predicted molar refractivity (Wildman–Crippen MR) is 175 cm³/mol. The Morgan fingerprint density at radius 2 is 1.94 bits per heavy atom. The largest absolute Gasteiger partial charge is 0.451 e. The van der Waals surface area contributed by atoms with Gasteiger partial charge in [0.1, 0.15) is 23.0 Å². The van der Waals surface area contributed by atoms with Crippen LogP contribution in [0.25, 0.3) is 10.9 Å². The molecule has 2 fully saturated rings. The van der Waals surface area contributed by atoms with E-state index in [2.05, 4.69) is 9.71 Å². The van der Waals surface area contributed by atoms with Crippen molar-refractivity contribution in [1.82, 2.24) is 18.8 Å². The number of nitriles is 1. The topological polar surface area (TPSA) is 147 Å². The molecule has 1 aromatic heterocycles. The molecule has 0 unspecified atom stereocenters. The highest BCUT2D eigenvalue weighted by Crippen LogP contribution is 2.50. The van der Waals surface area contributed by atoms with Gasteiger partial charge < -0.3 is 14.4 Å². The van der Waals surface area contributed by atoms with E-state index < -0.39 is 32.9 Å². The van der Waals surface area contributed by atoms with Crippen LogP contribution in [0.5, 0.6) is 11.5 Å². The molecule has 1 aliphatic carbocycles. The summed E-state index contributed by atoms with van der Waals surface area (Å²) in [6.45, 7) is 8.48. The molecule has 1 N–H and O–H groups in total. The number of rotatable bonds is 7. The smallest absolute Gasteiger partial charge is 0.410 e. The van der Waals surface area contributed by atoms with Crippen molar-refractivity contribution in [3.63, 3.8) is 0 Å². The summed E-state index contributed by atoms with van der Waals surface area (Å²) < 4.78 is 56.5. The van der Waals surface area contributed by atoms with Crippen molar-refractivity contribution in [2.24, 2.45) is 5.41 Å². The maximum Gasteiger partial charge on any atom is 0.410 e. The second-order valence-corrected chi connectivity index (χ2v) is 15.3. The van der Waals surface area contributed by atoms with Crippen molar-refractivity contribution >= 4 is 44.5 Å². The van der Waals surface area contributed by atoms with Crippen LogP contribution in [0.15, 0.2) is 35.4 Å². The minimum atomic E-state index is -4.02. The van der Waals surface area contributed by atoms with Gasteiger partial charge in [0, 0.05) is 32.7 Å². The summed E-state index contributed by atoms with van der Waals surface area (Å²) in [4.78, 5) is 32.7. The van der Waals surface area contributed by atoms with E-state index >= 15 is 4.39 Å². The number of halogens is 2. The maximum absolute atomic E-state index is 15.1. The van der Waals surface area contributed by atoms with Crippen molar-refractivity contribution in [3.05, 3.63) is 57.3 Å². The molecule has 0 bridgehead atoms. The molecular weight excluding hydrogens is 651 g/mol. The average molecular weight is 689 g/mol. The van der Waals surface area contributed by atoms with Gasteiger partial charge >= 0.3 is 16.3 Å². The fraction of sp³-hybridized carbons (Fsp3) is 0.500. The van der Waals surface area contributed by atoms with E-state index in [4.69, 9.17) is 21.1 Å². The van der Waals surface area contributed by atoms with Gasteiger partial charge in [-0.3, -0.25) is 14.1 Å². The van der Waals surface area contributed by atoms with Gasteiger partial charge in [-0.1, -0.05) is 18.5 Å². The number of aromatic nitrogens is 2. The monoisotopic (exact) mass is 688 g/mol. The molecule has 47 heavy (non-hydrogen) atoms.